The van der Waals surface area contributed by atoms with Crippen LogP contribution in [0.3, 0.4) is 0 Å². The Bertz CT molecular complexity index is 806. The number of aromatic nitrogens is 2. The van der Waals surface area contributed by atoms with Gasteiger partial charge in [0.15, 0.2) is 6.29 Å². The highest BCUT2D eigenvalue weighted by Gasteiger charge is 2.09. The number of benzene rings is 1. The Morgan fingerprint density at radius 3 is 2.86 bits per heavy atom. The van der Waals surface area contributed by atoms with Crippen molar-refractivity contribution in [1.82, 2.24) is 9.55 Å². The van der Waals surface area contributed by atoms with Crippen LogP contribution in [0.5, 0.6) is 5.75 Å². The van der Waals surface area contributed by atoms with Gasteiger partial charge in [0.1, 0.15) is 5.75 Å². The Kier molecular flexibility index (Phi) is 3.44. The van der Waals surface area contributed by atoms with Crippen LogP contribution in [0.15, 0.2) is 42.6 Å². The molecule has 2 heterocycles. The minimum atomic E-state index is 0.604. The molecule has 4 nitrogen and oxygen atoms in total. The Morgan fingerprint density at radius 2 is 2.10 bits per heavy atom. The molecule has 0 atom stereocenters. The van der Waals surface area contributed by atoms with Crippen molar-refractivity contribution < 1.29 is 9.53 Å². The first-order valence-electron chi connectivity index (χ1n) is 6.76. The number of pyridine rings is 1. The highest BCUT2D eigenvalue weighted by atomic mass is 16.5. The molecule has 0 aliphatic rings. The Labute approximate surface area is 123 Å². The molecule has 0 N–H and O–H groups in total. The van der Waals surface area contributed by atoms with E-state index in [-0.39, 0.29) is 0 Å². The summed E-state index contributed by atoms with van der Waals surface area (Å²) in [7, 11) is 1.65. The molecule has 21 heavy (non-hydrogen) atoms. The number of fused-ring (bicyclic) bond motifs is 1. The van der Waals surface area contributed by atoms with E-state index in [0.29, 0.717) is 12.1 Å². The number of hydrogen-bond acceptors (Lipinski definition) is 3. The average molecular weight is 280 g/mol. The smallest absolute Gasteiger partial charge is 0.152 e. The molecule has 1 aromatic carbocycles. The molecule has 106 valence electrons. The van der Waals surface area contributed by atoms with E-state index in [1.807, 2.05) is 54.1 Å². The van der Waals surface area contributed by atoms with Gasteiger partial charge in [-0.1, -0.05) is 18.2 Å². The van der Waals surface area contributed by atoms with Crippen molar-refractivity contribution in [3.8, 4) is 5.75 Å². The van der Waals surface area contributed by atoms with Crippen LogP contribution in [-0.2, 0) is 6.54 Å². The highest BCUT2D eigenvalue weighted by Crippen LogP contribution is 2.22. The topological polar surface area (TPSA) is 44.1 Å². The van der Waals surface area contributed by atoms with Crippen molar-refractivity contribution in [1.29, 1.82) is 0 Å². The molecule has 0 spiro atoms. The van der Waals surface area contributed by atoms with E-state index in [0.717, 1.165) is 34.3 Å². The summed E-state index contributed by atoms with van der Waals surface area (Å²) >= 11 is 0. The lowest BCUT2D eigenvalue weighted by atomic mass is 10.2. The summed E-state index contributed by atoms with van der Waals surface area (Å²) in [5, 5.41) is 0.965. The Morgan fingerprint density at radius 1 is 1.29 bits per heavy atom. The summed E-state index contributed by atoms with van der Waals surface area (Å²) in [5.74, 6) is 0.796. The van der Waals surface area contributed by atoms with Gasteiger partial charge < -0.3 is 9.30 Å². The largest absolute Gasteiger partial charge is 0.497 e. The van der Waals surface area contributed by atoms with E-state index in [9.17, 15) is 4.79 Å². The van der Waals surface area contributed by atoms with Gasteiger partial charge >= 0.3 is 0 Å². The van der Waals surface area contributed by atoms with Crippen molar-refractivity contribution in [2.45, 2.75) is 13.5 Å². The molecule has 0 amide bonds. The monoisotopic (exact) mass is 280 g/mol. The molecule has 3 rings (SSSR count). The van der Waals surface area contributed by atoms with Crippen LogP contribution in [-0.4, -0.2) is 22.9 Å². The van der Waals surface area contributed by atoms with E-state index in [2.05, 4.69) is 4.98 Å². The second-order valence-corrected chi connectivity index (χ2v) is 4.99. The van der Waals surface area contributed by atoms with E-state index in [1.54, 1.807) is 7.11 Å². The number of carbonyl (C=O) groups excluding carboxylic acids is 1. The van der Waals surface area contributed by atoms with Gasteiger partial charge in [0.25, 0.3) is 0 Å². The van der Waals surface area contributed by atoms with E-state index < -0.39 is 0 Å². The summed E-state index contributed by atoms with van der Waals surface area (Å²) in [6.07, 6.45) is 2.76. The summed E-state index contributed by atoms with van der Waals surface area (Å²) in [5.41, 5.74) is 3.55. The summed E-state index contributed by atoms with van der Waals surface area (Å²) in [6, 6.07) is 11.7. The van der Waals surface area contributed by atoms with Crippen LogP contribution in [0, 0.1) is 6.92 Å². The predicted molar refractivity (Wildman–Crippen MR) is 82.0 cm³/mol. The number of methoxy groups -OCH3 is 1. The molecule has 0 saturated heterocycles. The first-order valence-corrected chi connectivity index (χ1v) is 6.76. The number of rotatable bonds is 4. The Hall–Kier alpha value is -2.62. The lowest BCUT2D eigenvalue weighted by molar-refractivity contribution is 0.112. The maximum Gasteiger partial charge on any atom is 0.152 e. The first-order chi connectivity index (χ1) is 10.2. The van der Waals surface area contributed by atoms with Gasteiger partial charge in [-0.05, 0) is 13.0 Å². The predicted octanol–water partition coefficient (Wildman–Crippen LogP) is 3.21. The SMILES string of the molecule is COc1cc(C)nc(Cn2cc(C=O)c3ccccc32)c1. The number of para-hydroxylation sites is 1. The molecule has 0 aliphatic carbocycles. The lowest BCUT2D eigenvalue weighted by Gasteiger charge is -2.08. The van der Waals surface area contributed by atoms with Crippen molar-refractivity contribution >= 4 is 17.2 Å². The first kappa shape index (κ1) is 13.4. The van der Waals surface area contributed by atoms with Gasteiger partial charge in [-0.25, -0.2) is 0 Å². The van der Waals surface area contributed by atoms with Gasteiger partial charge in [0, 0.05) is 40.5 Å². The molecular weight excluding hydrogens is 264 g/mol. The zero-order chi connectivity index (χ0) is 14.8. The number of aldehydes is 1. The number of aryl methyl sites for hydroxylation is 1. The lowest BCUT2D eigenvalue weighted by Crippen LogP contribution is -2.02. The molecule has 0 saturated carbocycles. The minimum absolute atomic E-state index is 0.604. The number of carbonyl (C=O) groups is 1. The fraction of sp³-hybridized carbons (Fsp3) is 0.176. The number of nitrogens with zero attached hydrogens (tertiary/aromatic N) is 2. The third-order valence-electron chi connectivity index (χ3n) is 3.49. The maximum atomic E-state index is 11.2. The zero-order valence-corrected chi connectivity index (χ0v) is 12.0. The van der Waals surface area contributed by atoms with E-state index in [4.69, 9.17) is 4.74 Å². The molecule has 2 aromatic heterocycles. The van der Waals surface area contributed by atoms with Gasteiger partial charge in [0.05, 0.1) is 19.3 Å². The van der Waals surface area contributed by atoms with Crippen LogP contribution in [0.4, 0.5) is 0 Å². The highest BCUT2D eigenvalue weighted by molar-refractivity contribution is 5.97. The maximum absolute atomic E-state index is 11.2. The molecule has 0 unspecified atom stereocenters. The Balaban J connectivity index is 2.06. The molecule has 3 aromatic rings. The third kappa shape index (κ3) is 2.52. The number of ether oxygens (including phenoxy) is 1. The zero-order valence-electron chi connectivity index (χ0n) is 12.0. The van der Waals surface area contributed by atoms with Crippen molar-refractivity contribution in [2.24, 2.45) is 0 Å². The van der Waals surface area contributed by atoms with Crippen molar-refractivity contribution in [3.05, 3.63) is 59.5 Å². The van der Waals surface area contributed by atoms with Gasteiger partial charge in [-0.2, -0.15) is 0 Å². The van der Waals surface area contributed by atoms with Crippen LogP contribution < -0.4 is 4.74 Å². The van der Waals surface area contributed by atoms with E-state index in [1.165, 1.54) is 0 Å². The van der Waals surface area contributed by atoms with Gasteiger partial charge in [0.2, 0.25) is 0 Å². The standard InChI is InChI=1S/C17H16N2O2/c1-12-7-15(21-2)8-14(18-12)10-19-9-13(11-20)16-5-3-4-6-17(16)19/h3-9,11H,10H2,1-2H3. The number of hydrogen-bond donors (Lipinski definition) is 0. The normalized spacial score (nSPS) is 10.8. The fourth-order valence-electron chi connectivity index (χ4n) is 2.58. The average Bonchev–Trinajstić information content (AvgIpc) is 2.85. The van der Waals surface area contributed by atoms with Crippen LogP contribution >= 0.6 is 0 Å². The van der Waals surface area contributed by atoms with E-state index >= 15 is 0 Å². The third-order valence-corrected chi connectivity index (χ3v) is 3.49. The second-order valence-electron chi connectivity index (χ2n) is 4.99. The fourth-order valence-corrected chi connectivity index (χ4v) is 2.58. The molecule has 0 bridgehead atoms. The van der Waals surface area contributed by atoms with Crippen LogP contribution in [0.2, 0.25) is 0 Å². The van der Waals surface area contributed by atoms with Crippen LogP contribution in [0.25, 0.3) is 10.9 Å². The van der Waals surface area contributed by atoms with Gasteiger partial charge in [-0.3, -0.25) is 9.78 Å². The molecule has 4 heteroatoms. The van der Waals surface area contributed by atoms with Crippen molar-refractivity contribution in [2.75, 3.05) is 7.11 Å². The molecule has 0 radical (unpaired) electrons. The quantitative estimate of drug-likeness (QED) is 0.689. The summed E-state index contributed by atoms with van der Waals surface area (Å²) in [4.78, 5) is 15.7. The minimum Gasteiger partial charge on any atom is -0.497 e. The van der Waals surface area contributed by atoms with Crippen molar-refractivity contribution in [3.63, 3.8) is 0 Å². The molecule has 0 fully saturated rings. The molecular formula is C17H16N2O2. The summed E-state index contributed by atoms with van der Waals surface area (Å²) in [6.45, 7) is 2.54. The van der Waals surface area contributed by atoms with Gasteiger partial charge in [-0.15, -0.1) is 0 Å². The summed E-state index contributed by atoms with van der Waals surface area (Å²) < 4.78 is 7.32. The van der Waals surface area contributed by atoms with Crippen LogP contribution in [0.1, 0.15) is 21.7 Å². The molecule has 0 aliphatic heterocycles. The second kappa shape index (κ2) is 5.40.